The van der Waals surface area contributed by atoms with Gasteiger partial charge in [0.25, 0.3) is 0 Å². The molecule has 3 heterocycles. The van der Waals surface area contributed by atoms with Crippen molar-refractivity contribution in [2.24, 2.45) is 0 Å². The van der Waals surface area contributed by atoms with Crippen molar-refractivity contribution in [3.63, 3.8) is 0 Å². The standard InChI is InChI=1S/C26H34N2O3/c29-25(18-27-16-24(17-27)28-10-2-1-3-11-28)19-31-26-7-6-22-14-21(4-5-23(22)15-26)20-8-12-30-13-9-20/h4-8,14-15,24-25,29H,1-3,9-13,16-19H2. The molecule has 0 aliphatic carbocycles. The van der Waals surface area contributed by atoms with Crippen LogP contribution in [0.25, 0.3) is 16.3 Å². The van der Waals surface area contributed by atoms with Crippen LogP contribution < -0.4 is 4.74 Å². The molecule has 0 spiro atoms. The SMILES string of the molecule is OC(COc1ccc2cc(C3=CCOCC3)ccc2c1)CN1CC(N2CCCCC2)C1. The fraction of sp³-hybridized carbons (Fsp3) is 0.538. The summed E-state index contributed by atoms with van der Waals surface area (Å²) in [6.07, 6.45) is 6.75. The van der Waals surface area contributed by atoms with E-state index in [4.69, 9.17) is 9.47 Å². The maximum atomic E-state index is 10.4. The van der Waals surface area contributed by atoms with Crippen molar-refractivity contribution in [2.45, 2.75) is 37.8 Å². The highest BCUT2D eigenvalue weighted by atomic mass is 16.5. The molecule has 2 fully saturated rings. The van der Waals surface area contributed by atoms with Gasteiger partial charge in [0.05, 0.1) is 13.2 Å². The number of aliphatic hydroxyl groups is 1. The number of nitrogens with zero attached hydrogens (tertiary/aromatic N) is 2. The molecule has 2 saturated heterocycles. The molecule has 0 bridgehead atoms. The van der Waals surface area contributed by atoms with Gasteiger partial charge in [0.2, 0.25) is 0 Å². The van der Waals surface area contributed by atoms with Crippen LogP contribution in [0.3, 0.4) is 0 Å². The Bertz CT molecular complexity index is 916. The summed E-state index contributed by atoms with van der Waals surface area (Å²) in [4.78, 5) is 4.97. The molecule has 3 aliphatic rings. The van der Waals surface area contributed by atoms with Crippen molar-refractivity contribution >= 4 is 16.3 Å². The van der Waals surface area contributed by atoms with Gasteiger partial charge >= 0.3 is 0 Å². The number of likely N-dealkylation sites (tertiary alicyclic amines) is 2. The molecule has 3 aliphatic heterocycles. The molecule has 5 heteroatoms. The van der Waals surface area contributed by atoms with Crippen LogP contribution in [0.5, 0.6) is 5.75 Å². The third-order valence-electron chi connectivity index (χ3n) is 6.90. The quantitative estimate of drug-likeness (QED) is 0.739. The minimum atomic E-state index is -0.458. The molecule has 0 aromatic heterocycles. The predicted molar refractivity (Wildman–Crippen MR) is 125 cm³/mol. The van der Waals surface area contributed by atoms with Gasteiger partial charge in [-0.3, -0.25) is 9.80 Å². The van der Waals surface area contributed by atoms with Crippen LogP contribution >= 0.6 is 0 Å². The van der Waals surface area contributed by atoms with E-state index in [1.165, 1.54) is 48.9 Å². The Balaban J connectivity index is 1.11. The van der Waals surface area contributed by atoms with Gasteiger partial charge in [-0.1, -0.05) is 30.7 Å². The topological polar surface area (TPSA) is 45.2 Å². The molecule has 1 unspecified atom stereocenters. The van der Waals surface area contributed by atoms with Gasteiger partial charge in [-0.15, -0.1) is 0 Å². The average molecular weight is 423 g/mol. The first kappa shape index (κ1) is 21.0. The van der Waals surface area contributed by atoms with Crippen LogP contribution in [0, 0.1) is 0 Å². The minimum absolute atomic E-state index is 0.335. The second-order valence-electron chi connectivity index (χ2n) is 9.21. The number of ether oxygens (including phenoxy) is 2. The molecule has 1 atom stereocenters. The molecule has 0 saturated carbocycles. The minimum Gasteiger partial charge on any atom is -0.491 e. The van der Waals surface area contributed by atoms with Crippen LogP contribution in [-0.4, -0.2) is 79.6 Å². The van der Waals surface area contributed by atoms with Gasteiger partial charge in [0.15, 0.2) is 0 Å². The van der Waals surface area contributed by atoms with E-state index in [1.54, 1.807) is 0 Å². The monoisotopic (exact) mass is 422 g/mol. The highest BCUT2D eigenvalue weighted by Gasteiger charge is 2.33. The number of benzene rings is 2. The Kier molecular flexibility index (Phi) is 6.55. The molecule has 5 nitrogen and oxygen atoms in total. The lowest BCUT2D eigenvalue weighted by atomic mass is 9.98. The number of aliphatic hydroxyl groups excluding tert-OH is 1. The maximum absolute atomic E-state index is 10.4. The lowest BCUT2D eigenvalue weighted by Gasteiger charge is -2.47. The van der Waals surface area contributed by atoms with E-state index in [0.29, 0.717) is 25.8 Å². The van der Waals surface area contributed by atoms with Gasteiger partial charge in [-0.2, -0.15) is 0 Å². The van der Waals surface area contributed by atoms with Crippen molar-refractivity contribution < 1.29 is 14.6 Å². The van der Waals surface area contributed by atoms with E-state index < -0.39 is 6.10 Å². The van der Waals surface area contributed by atoms with Gasteiger partial charge in [-0.05, 0) is 72.5 Å². The van der Waals surface area contributed by atoms with Crippen molar-refractivity contribution in [3.05, 3.63) is 48.0 Å². The molecular formula is C26H34N2O3. The summed E-state index contributed by atoms with van der Waals surface area (Å²) >= 11 is 0. The second kappa shape index (κ2) is 9.70. The smallest absolute Gasteiger partial charge is 0.120 e. The van der Waals surface area contributed by atoms with Crippen LogP contribution in [0.4, 0.5) is 0 Å². The molecule has 0 amide bonds. The Morgan fingerprint density at radius 1 is 1.03 bits per heavy atom. The zero-order chi connectivity index (χ0) is 21.0. The Labute approximate surface area is 185 Å². The molecule has 2 aromatic rings. The van der Waals surface area contributed by atoms with E-state index in [1.807, 2.05) is 6.07 Å². The molecule has 2 aromatic carbocycles. The average Bonchev–Trinajstić information content (AvgIpc) is 2.80. The fourth-order valence-electron chi connectivity index (χ4n) is 5.05. The first-order valence-corrected chi connectivity index (χ1v) is 11.8. The summed E-state index contributed by atoms with van der Waals surface area (Å²) < 4.78 is 11.3. The van der Waals surface area contributed by atoms with Gasteiger partial charge < -0.3 is 14.6 Å². The summed E-state index contributed by atoms with van der Waals surface area (Å²) in [5.41, 5.74) is 2.64. The van der Waals surface area contributed by atoms with E-state index >= 15 is 0 Å². The first-order chi connectivity index (χ1) is 15.2. The Hall–Kier alpha value is -1.92. The summed E-state index contributed by atoms with van der Waals surface area (Å²) in [5, 5.41) is 12.8. The zero-order valence-corrected chi connectivity index (χ0v) is 18.3. The largest absolute Gasteiger partial charge is 0.491 e. The van der Waals surface area contributed by atoms with E-state index in [0.717, 1.165) is 37.3 Å². The Morgan fingerprint density at radius 2 is 1.84 bits per heavy atom. The molecule has 0 radical (unpaired) electrons. The molecule has 1 N–H and O–H groups in total. The number of hydrogen-bond donors (Lipinski definition) is 1. The summed E-state index contributed by atoms with van der Waals surface area (Å²) in [6, 6.07) is 13.5. The van der Waals surface area contributed by atoms with Crippen molar-refractivity contribution in [3.8, 4) is 5.75 Å². The number of β-amino-alcohol motifs (C(OH)–C–C–N with tert-alkyl or cyclic N) is 1. The van der Waals surface area contributed by atoms with Crippen LogP contribution in [0.2, 0.25) is 0 Å². The zero-order valence-electron chi connectivity index (χ0n) is 18.3. The van der Waals surface area contributed by atoms with Gasteiger partial charge in [-0.25, -0.2) is 0 Å². The van der Waals surface area contributed by atoms with Crippen LogP contribution in [0.15, 0.2) is 42.5 Å². The van der Waals surface area contributed by atoms with Crippen molar-refractivity contribution in [1.29, 1.82) is 0 Å². The lowest BCUT2D eigenvalue weighted by molar-refractivity contribution is -0.0126. The molecule has 5 rings (SSSR count). The molecule has 166 valence electrons. The summed E-state index contributed by atoms with van der Waals surface area (Å²) in [7, 11) is 0. The predicted octanol–water partition coefficient (Wildman–Crippen LogP) is 3.55. The highest BCUT2D eigenvalue weighted by Crippen LogP contribution is 2.27. The number of piperidine rings is 1. The third-order valence-corrected chi connectivity index (χ3v) is 6.90. The summed E-state index contributed by atoms with van der Waals surface area (Å²) in [6.45, 7) is 7.20. The molecular weight excluding hydrogens is 388 g/mol. The maximum Gasteiger partial charge on any atom is 0.120 e. The number of rotatable bonds is 7. The normalized spacial score (nSPS) is 22.2. The van der Waals surface area contributed by atoms with Crippen molar-refractivity contribution in [1.82, 2.24) is 9.80 Å². The van der Waals surface area contributed by atoms with Gasteiger partial charge in [0, 0.05) is 25.7 Å². The second-order valence-corrected chi connectivity index (χ2v) is 9.21. The number of fused-ring (bicyclic) bond motifs is 1. The number of hydrogen-bond acceptors (Lipinski definition) is 5. The lowest BCUT2D eigenvalue weighted by Crippen LogP contribution is -2.61. The fourth-order valence-corrected chi connectivity index (χ4v) is 5.05. The highest BCUT2D eigenvalue weighted by molar-refractivity contribution is 5.87. The molecule has 31 heavy (non-hydrogen) atoms. The van der Waals surface area contributed by atoms with E-state index in [9.17, 15) is 5.11 Å². The third kappa shape index (κ3) is 5.12. The first-order valence-electron chi connectivity index (χ1n) is 11.8. The van der Waals surface area contributed by atoms with Crippen LogP contribution in [0.1, 0.15) is 31.2 Å². The summed E-state index contributed by atoms with van der Waals surface area (Å²) in [5.74, 6) is 0.819. The van der Waals surface area contributed by atoms with Gasteiger partial charge in [0.1, 0.15) is 18.5 Å². The van der Waals surface area contributed by atoms with Crippen LogP contribution in [-0.2, 0) is 4.74 Å². The van der Waals surface area contributed by atoms with E-state index in [2.05, 4.69) is 46.2 Å². The Morgan fingerprint density at radius 3 is 2.65 bits per heavy atom. The van der Waals surface area contributed by atoms with Crippen molar-refractivity contribution in [2.75, 3.05) is 52.5 Å². The van der Waals surface area contributed by atoms with E-state index in [-0.39, 0.29) is 0 Å².